The fourth-order valence-electron chi connectivity index (χ4n) is 1.94. The fraction of sp³-hybridized carbons (Fsp3) is 0.429. The van der Waals surface area contributed by atoms with Crippen LogP contribution in [0.3, 0.4) is 0 Å². The summed E-state index contributed by atoms with van der Waals surface area (Å²) < 4.78 is 7.55. The highest BCUT2D eigenvalue weighted by atomic mass is 79.9. The van der Waals surface area contributed by atoms with Gasteiger partial charge in [0.05, 0.1) is 15.6 Å². The third-order valence-electron chi connectivity index (χ3n) is 2.85. The lowest BCUT2D eigenvalue weighted by Gasteiger charge is -2.24. The van der Waals surface area contributed by atoms with Gasteiger partial charge >= 0.3 is 0 Å². The van der Waals surface area contributed by atoms with Gasteiger partial charge in [0.1, 0.15) is 5.75 Å². The van der Waals surface area contributed by atoms with Crippen LogP contribution in [0.25, 0.3) is 0 Å². The molecule has 0 aliphatic carbocycles. The molecule has 0 heterocycles. The monoisotopic (exact) mass is 426 g/mol. The normalized spacial score (nSPS) is 11.9. The van der Waals surface area contributed by atoms with Crippen LogP contribution in [0.15, 0.2) is 33.2 Å². The Morgan fingerprint density at radius 1 is 1.35 bits per heavy atom. The first-order valence-electron chi connectivity index (χ1n) is 6.02. The van der Waals surface area contributed by atoms with Crippen molar-refractivity contribution in [3.05, 3.63) is 33.2 Å². The van der Waals surface area contributed by atoms with Gasteiger partial charge in [-0.05, 0) is 65.0 Å². The molecule has 0 amide bonds. The van der Waals surface area contributed by atoms with Gasteiger partial charge in [0, 0.05) is 18.2 Å². The van der Waals surface area contributed by atoms with Gasteiger partial charge in [0.15, 0.2) is 0 Å². The molecule has 6 heteroatoms. The molecule has 0 radical (unpaired) electrons. The van der Waals surface area contributed by atoms with E-state index < -0.39 is 0 Å². The highest BCUT2D eigenvalue weighted by molar-refractivity contribution is 9.11. The molecule has 0 bridgehead atoms. The quantitative estimate of drug-likeness (QED) is 0.536. The van der Waals surface area contributed by atoms with Gasteiger partial charge < -0.3 is 15.4 Å². The molecule has 0 aliphatic rings. The van der Waals surface area contributed by atoms with Crippen molar-refractivity contribution in [2.24, 2.45) is 0 Å². The van der Waals surface area contributed by atoms with Crippen LogP contribution in [0.5, 0.6) is 5.75 Å². The molecule has 0 saturated carbocycles. The van der Waals surface area contributed by atoms with Crippen LogP contribution in [0.2, 0.25) is 0 Å². The molecule has 20 heavy (non-hydrogen) atoms. The van der Waals surface area contributed by atoms with Crippen LogP contribution in [-0.4, -0.2) is 31.6 Å². The van der Waals surface area contributed by atoms with Crippen LogP contribution >= 0.6 is 44.3 Å². The summed E-state index contributed by atoms with van der Waals surface area (Å²) in [4.78, 5) is 2.15. The zero-order chi connectivity index (χ0) is 14.6. The van der Waals surface area contributed by atoms with Crippen molar-refractivity contribution in [3.8, 4) is 5.75 Å². The van der Waals surface area contributed by atoms with E-state index in [4.69, 9.17) is 10.5 Å². The zero-order valence-corrected chi connectivity index (χ0v) is 15.9. The van der Waals surface area contributed by atoms with Gasteiger partial charge in [0.25, 0.3) is 0 Å². The number of likely N-dealkylation sites (N-methyl/N-ethyl adjacent to an activating group) is 1. The Balaban J connectivity index is 0.00000361. The van der Waals surface area contributed by atoms with Crippen molar-refractivity contribution in [1.29, 1.82) is 0 Å². The molecule has 1 aromatic rings. The molecule has 1 unspecified atom stereocenters. The van der Waals surface area contributed by atoms with Crippen LogP contribution in [0.4, 0.5) is 5.69 Å². The van der Waals surface area contributed by atoms with Gasteiger partial charge in [-0.25, -0.2) is 0 Å². The lowest BCUT2D eigenvalue weighted by atomic mass is 10.1. The van der Waals surface area contributed by atoms with Crippen molar-refractivity contribution in [2.45, 2.75) is 19.4 Å². The van der Waals surface area contributed by atoms with Crippen molar-refractivity contribution < 1.29 is 4.74 Å². The van der Waals surface area contributed by atoms with E-state index in [0.29, 0.717) is 18.3 Å². The first-order valence-corrected chi connectivity index (χ1v) is 7.60. The highest BCUT2D eigenvalue weighted by Gasteiger charge is 2.13. The topological polar surface area (TPSA) is 38.5 Å². The maximum absolute atomic E-state index is 5.84. The molecule has 1 aromatic carbocycles. The molecule has 3 nitrogen and oxygen atoms in total. The second kappa shape index (κ2) is 8.93. The molecule has 114 valence electrons. The predicted molar refractivity (Wildman–Crippen MR) is 95.9 cm³/mol. The molecule has 0 aliphatic heterocycles. The van der Waals surface area contributed by atoms with Gasteiger partial charge in [-0.3, -0.25) is 0 Å². The third-order valence-corrected chi connectivity index (χ3v) is 4.03. The number of halogens is 3. The molecule has 1 atom stereocenters. The fourth-order valence-corrected chi connectivity index (χ4v) is 3.39. The summed E-state index contributed by atoms with van der Waals surface area (Å²) >= 11 is 6.92. The van der Waals surface area contributed by atoms with Crippen molar-refractivity contribution in [1.82, 2.24) is 4.90 Å². The van der Waals surface area contributed by atoms with Crippen LogP contribution in [0, 0.1) is 0 Å². The predicted octanol–water partition coefficient (Wildman–Crippen LogP) is 4.49. The molecular formula is C14H21Br2ClN2O. The van der Waals surface area contributed by atoms with E-state index in [2.05, 4.69) is 43.3 Å². The number of ether oxygens (including phenoxy) is 1. The van der Waals surface area contributed by atoms with E-state index >= 15 is 0 Å². The molecule has 0 spiro atoms. The average Bonchev–Trinajstić information content (AvgIpc) is 2.25. The lowest BCUT2D eigenvalue weighted by molar-refractivity contribution is 0.241. The Labute approximate surface area is 144 Å². The van der Waals surface area contributed by atoms with Gasteiger partial charge in [-0.2, -0.15) is 0 Å². The Kier molecular flexibility index (Phi) is 8.82. The number of hydrogen-bond donors (Lipinski definition) is 1. The minimum atomic E-state index is 0. The molecule has 0 aromatic heterocycles. The van der Waals surface area contributed by atoms with Crippen LogP contribution in [-0.2, 0) is 0 Å². The van der Waals surface area contributed by atoms with Crippen LogP contribution < -0.4 is 10.5 Å². The standard InChI is InChI=1S/C14H20Br2N2O.ClH/c1-9(2)13(18(3)4)5-6-19-14-11(15)7-10(17)8-12(14)16;/h7-8,13H,1,5-6,17H2,2-4H3;1H. The number of nitrogens with two attached hydrogens (primary N) is 1. The summed E-state index contributed by atoms with van der Waals surface area (Å²) in [5.74, 6) is 0.786. The Morgan fingerprint density at radius 3 is 2.25 bits per heavy atom. The molecule has 0 fully saturated rings. The summed E-state index contributed by atoms with van der Waals surface area (Å²) in [5, 5.41) is 0. The summed E-state index contributed by atoms with van der Waals surface area (Å²) in [6.07, 6.45) is 0.894. The molecule has 1 rings (SSSR count). The first kappa shape index (κ1) is 19.8. The van der Waals surface area contributed by atoms with Crippen LogP contribution in [0.1, 0.15) is 13.3 Å². The SMILES string of the molecule is C=C(C)C(CCOc1c(Br)cc(N)cc1Br)N(C)C.Cl. The maximum atomic E-state index is 5.84. The average molecular weight is 429 g/mol. The smallest absolute Gasteiger partial charge is 0.147 e. The van der Waals surface area contributed by atoms with E-state index in [1.54, 1.807) is 0 Å². The number of nitrogen functional groups attached to an aromatic ring is 1. The number of hydrogen-bond acceptors (Lipinski definition) is 3. The zero-order valence-electron chi connectivity index (χ0n) is 12.0. The van der Waals surface area contributed by atoms with Gasteiger partial charge in [0.2, 0.25) is 0 Å². The Hall–Kier alpha value is -0.230. The van der Waals surface area contributed by atoms with E-state index in [0.717, 1.165) is 26.7 Å². The maximum Gasteiger partial charge on any atom is 0.147 e. The van der Waals surface area contributed by atoms with E-state index in [1.165, 1.54) is 0 Å². The van der Waals surface area contributed by atoms with E-state index in [9.17, 15) is 0 Å². The molecule has 2 N–H and O–H groups in total. The summed E-state index contributed by atoms with van der Waals surface area (Å²) in [6.45, 7) is 6.68. The van der Waals surface area contributed by atoms with Gasteiger partial charge in [-0.15, -0.1) is 12.4 Å². The summed E-state index contributed by atoms with van der Waals surface area (Å²) in [5.41, 5.74) is 7.59. The largest absolute Gasteiger partial charge is 0.491 e. The Morgan fingerprint density at radius 2 is 1.85 bits per heavy atom. The number of benzene rings is 1. The summed E-state index contributed by atoms with van der Waals surface area (Å²) in [7, 11) is 4.10. The first-order chi connectivity index (χ1) is 8.82. The van der Waals surface area contributed by atoms with Crippen molar-refractivity contribution in [2.75, 3.05) is 26.4 Å². The second-order valence-corrected chi connectivity index (χ2v) is 6.49. The highest BCUT2D eigenvalue weighted by Crippen LogP contribution is 2.35. The minimum Gasteiger partial charge on any atom is -0.491 e. The number of nitrogens with zero attached hydrogens (tertiary/aromatic N) is 1. The Bertz CT molecular complexity index is 443. The second-order valence-electron chi connectivity index (χ2n) is 4.78. The number of anilines is 1. The van der Waals surface area contributed by atoms with Crippen molar-refractivity contribution in [3.63, 3.8) is 0 Å². The minimum absolute atomic E-state index is 0. The number of rotatable bonds is 6. The molecule has 0 saturated heterocycles. The third kappa shape index (κ3) is 5.64. The van der Waals surface area contributed by atoms with E-state index in [1.807, 2.05) is 33.2 Å². The van der Waals surface area contributed by atoms with Crippen molar-refractivity contribution >= 4 is 50.0 Å². The molecular weight excluding hydrogens is 407 g/mol. The van der Waals surface area contributed by atoms with E-state index in [-0.39, 0.29) is 12.4 Å². The lowest BCUT2D eigenvalue weighted by Crippen LogP contribution is -2.30. The summed E-state index contributed by atoms with van der Waals surface area (Å²) in [6, 6.07) is 4.00. The van der Waals surface area contributed by atoms with Gasteiger partial charge in [-0.1, -0.05) is 12.2 Å².